The lowest BCUT2D eigenvalue weighted by Gasteiger charge is -2.22. The Morgan fingerprint density at radius 3 is 2.20 bits per heavy atom. The first-order chi connectivity index (χ1) is 9.58. The maximum absolute atomic E-state index is 12.4. The summed E-state index contributed by atoms with van der Waals surface area (Å²) in [5.74, 6) is -0.108. The first-order valence-electron chi connectivity index (χ1n) is 8.20. The first-order valence-corrected chi connectivity index (χ1v) is 8.20. The topological polar surface area (TPSA) is 58.2 Å². The van der Waals surface area contributed by atoms with Crippen molar-refractivity contribution in [2.45, 2.75) is 83.7 Å². The van der Waals surface area contributed by atoms with Crippen molar-refractivity contribution in [2.24, 2.45) is 5.41 Å². The van der Waals surface area contributed by atoms with Gasteiger partial charge in [-0.3, -0.25) is 9.59 Å². The van der Waals surface area contributed by atoms with E-state index in [1.807, 2.05) is 13.8 Å². The molecule has 0 bridgehead atoms. The van der Waals surface area contributed by atoms with E-state index in [0.717, 1.165) is 19.3 Å². The number of carbonyl (C=O) groups excluding carboxylic acids is 2. The Kier molecular flexibility index (Phi) is 5.06. The van der Waals surface area contributed by atoms with Crippen molar-refractivity contribution in [2.75, 3.05) is 0 Å². The quantitative estimate of drug-likeness (QED) is 0.600. The van der Waals surface area contributed by atoms with Crippen LogP contribution in [-0.4, -0.2) is 23.9 Å². The summed E-state index contributed by atoms with van der Waals surface area (Å²) in [5.41, 5.74) is -0.754. The van der Waals surface area contributed by atoms with Crippen LogP contribution in [0.5, 0.6) is 0 Å². The molecule has 0 aromatic carbocycles. The third-order valence-corrected chi connectivity index (χ3v) is 4.80. The van der Waals surface area contributed by atoms with E-state index >= 15 is 0 Å². The maximum atomic E-state index is 12.4. The normalized spacial score (nSPS) is 23.5. The highest BCUT2D eigenvalue weighted by molar-refractivity contribution is 6.08. The van der Waals surface area contributed by atoms with Crippen LogP contribution in [0.4, 0.5) is 0 Å². The minimum absolute atomic E-state index is 0.0368. The van der Waals surface area contributed by atoms with Crippen LogP contribution < -0.4 is 10.6 Å². The van der Waals surface area contributed by atoms with Crippen molar-refractivity contribution in [3.63, 3.8) is 0 Å². The van der Waals surface area contributed by atoms with Gasteiger partial charge in [-0.15, -0.1) is 0 Å². The molecule has 2 aliphatic rings. The standard InChI is InChI=1S/C16H28N2O2/c1-3-12(2)17-14(19)16(10-11-16)15(20)18-13-8-6-4-5-7-9-13/h12-13H,3-11H2,1-2H3,(H,17,19)(H,18,20). The van der Waals surface area contributed by atoms with Gasteiger partial charge in [-0.25, -0.2) is 0 Å². The zero-order chi connectivity index (χ0) is 14.6. The molecule has 2 rings (SSSR count). The summed E-state index contributed by atoms with van der Waals surface area (Å²) in [6.45, 7) is 4.02. The molecular formula is C16H28N2O2. The van der Waals surface area contributed by atoms with Crippen LogP contribution in [0.1, 0.15) is 71.6 Å². The molecule has 1 atom stereocenters. The molecule has 2 fully saturated rings. The van der Waals surface area contributed by atoms with Gasteiger partial charge in [0.05, 0.1) is 0 Å². The third-order valence-electron chi connectivity index (χ3n) is 4.80. The lowest BCUT2D eigenvalue weighted by molar-refractivity contribution is -0.138. The Balaban J connectivity index is 1.88. The Morgan fingerprint density at radius 2 is 1.70 bits per heavy atom. The van der Waals surface area contributed by atoms with Crippen molar-refractivity contribution in [3.05, 3.63) is 0 Å². The van der Waals surface area contributed by atoms with Gasteiger partial charge in [0.2, 0.25) is 11.8 Å². The van der Waals surface area contributed by atoms with Gasteiger partial charge in [0, 0.05) is 12.1 Å². The van der Waals surface area contributed by atoms with Gasteiger partial charge in [0.25, 0.3) is 0 Å². The molecule has 0 aromatic rings. The number of nitrogens with one attached hydrogen (secondary N) is 2. The number of rotatable bonds is 5. The van der Waals surface area contributed by atoms with E-state index in [9.17, 15) is 9.59 Å². The second-order valence-electron chi connectivity index (χ2n) is 6.53. The Labute approximate surface area is 122 Å². The highest BCUT2D eigenvalue weighted by atomic mass is 16.2. The molecule has 114 valence electrons. The van der Waals surface area contributed by atoms with E-state index in [1.165, 1.54) is 25.7 Å². The van der Waals surface area contributed by atoms with Crippen LogP contribution in [0.2, 0.25) is 0 Å². The summed E-state index contributed by atoms with van der Waals surface area (Å²) in [4.78, 5) is 24.7. The SMILES string of the molecule is CCC(C)NC(=O)C1(C(=O)NC2CCCCCC2)CC1. The van der Waals surface area contributed by atoms with Crippen molar-refractivity contribution < 1.29 is 9.59 Å². The van der Waals surface area contributed by atoms with E-state index < -0.39 is 5.41 Å². The molecule has 2 amide bonds. The molecular weight excluding hydrogens is 252 g/mol. The average molecular weight is 280 g/mol. The zero-order valence-electron chi connectivity index (χ0n) is 12.8. The lowest BCUT2D eigenvalue weighted by atomic mass is 10.0. The Bertz CT molecular complexity index is 355. The summed E-state index contributed by atoms with van der Waals surface area (Å²) in [6, 6.07) is 0.421. The van der Waals surface area contributed by atoms with Crippen LogP contribution in [0.3, 0.4) is 0 Å². The summed E-state index contributed by atoms with van der Waals surface area (Å²) in [7, 11) is 0. The fourth-order valence-corrected chi connectivity index (χ4v) is 2.89. The molecule has 0 spiro atoms. The predicted octanol–water partition coefficient (Wildman–Crippen LogP) is 2.52. The molecule has 4 heteroatoms. The van der Waals surface area contributed by atoms with Crippen molar-refractivity contribution in [3.8, 4) is 0 Å². The van der Waals surface area contributed by atoms with Crippen molar-refractivity contribution in [1.82, 2.24) is 10.6 Å². The summed E-state index contributed by atoms with van der Waals surface area (Å²) < 4.78 is 0. The smallest absolute Gasteiger partial charge is 0.235 e. The van der Waals surface area contributed by atoms with Gasteiger partial charge in [0.15, 0.2) is 0 Å². The second-order valence-corrected chi connectivity index (χ2v) is 6.53. The number of carbonyl (C=O) groups is 2. The number of hydrogen-bond acceptors (Lipinski definition) is 2. The summed E-state index contributed by atoms with van der Waals surface area (Å²) in [5, 5.41) is 6.10. The van der Waals surface area contributed by atoms with E-state index in [1.54, 1.807) is 0 Å². The largest absolute Gasteiger partial charge is 0.353 e. The maximum Gasteiger partial charge on any atom is 0.235 e. The average Bonchev–Trinajstić information content (AvgIpc) is 3.24. The Hall–Kier alpha value is -1.06. The molecule has 2 N–H and O–H groups in total. The minimum Gasteiger partial charge on any atom is -0.353 e. The molecule has 2 saturated carbocycles. The Morgan fingerprint density at radius 1 is 1.10 bits per heavy atom. The fourth-order valence-electron chi connectivity index (χ4n) is 2.89. The third kappa shape index (κ3) is 3.53. The first kappa shape index (κ1) is 15.3. The van der Waals surface area contributed by atoms with Gasteiger partial charge in [0.1, 0.15) is 5.41 Å². The highest BCUT2D eigenvalue weighted by Gasteiger charge is 2.56. The van der Waals surface area contributed by atoms with E-state index in [2.05, 4.69) is 10.6 Å². The van der Waals surface area contributed by atoms with Gasteiger partial charge in [-0.05, 0) is 39.0 Å². The van der Waals surface area contributed by atoms with E-state index in [4.69, 9.17) is 0 Å². The lowest BCUT2D eigenvalue weighted by Crippen LogP contribution is -2.48. The minimum atomic E-state index is -0.754. The van der Waals surface area contributed by atoms with E-state index in [-0.39, 0.29) is 23.9 Å². The molecule has 0 saturated heterocycles. The molecule has 20 heavy (non-hydrogen) atoms. The summed E-state index contributed by atoms with van der Waals surface area (Å²) >= 11 is 0. The molecule has 4 nitrogen and oxygen atoms in total. The molecule has 1 unspecified atom stereocenters. The van der Waals surface area contributed by atoms with Crippen LogP contribution in [0.15, 0.2) is 0 Å². The molecule has 2 aliphatic carbocycles. The van der Waals surface area contributed by atoms with Crippen LogP contribution in [0, 0.1) is 5.41 Å². The van der Waals surface area contributed by atoms with E-state index in [0.29, 0.717) is 12.8 Å². The monoisotopic (exact) mass is 280 g/mol. The zero-order valence-corrected chi connectivity index (χ0v) is 12.8. The van der Waals surface area contributed by atoms with Crippen LogP contribution >= 0.6 is 0 Å². The van der Waals surface area contributed by atoms with Gasteiger partial charge >= 0.3 is 0 Å². The van der Waals surface area contributed by atoms with Gasteiger partial charge < -0.3 is 10.6 Å². The van der Waals surface area contributed by atoms with Crippen molar-refractivity contribution >= 4 is 11.8 Å². The molecule has 0 aliphatic heterocycles. The highest BCUT2D eigenvalue weighted by Crippen LogP contribution is 2.46. The van der Waals surface area contributed by atoms with Gasteiger partial charge in [-0.1, -0.05) is 32.6 Å². The molecule has 0 aromatic heterocycles. The predicted molar refractivity (Wildman–Crippen MR) is 79.2 cm³/mol. The fraction of sp³-hybridized carbons (Fsp3) is 0.875. The summed E-state index contributed by atoms with van der Waals surface area (Å²) in [6.07, 6.45) is 9.35. The molecule has 0 radical (unpaired) electrons. The van der Waals surface area contributed by atoms with Gasteiger partial charge in [-0.2, -0.15) is 0 Å². The van der Waals surface area contributed by atoms with Crippen LogP contribution in [0.25, 0.3) is 0 Å². The molecule has 0 heterocycles. The number of hydrogen-bond donors (Lipinski definition) is 2. The van der Waals surface area contributed by atoms with Crippen LogP contribution in [-0.2, 0) is 9.59 Å². The second kappa shape index (κ2) is 6.59. The van der Waals surface area contributed by atoms with Crippen molar-refractivity contribution in [1.29, 1.82) is 0 Å². The number of amides is 2.